The highest BCUT2D eigenvalue weighted by Crippen LogP contribution is 2.52. The Hall–Kier alpha value is -7.94. The van der Waals surface area contributed by atoms with Gasteiger partial charge in [-0.15, -0.1) is 0 Å². The van der Waals surface area contributed by atoms with Crippen LogP contribution in [0.3, 0.4) is 0 Å². The summed E-state index contributed by atoms with van der Waals surface area (Å²) in [5, 5.41) is 4.76. The maximum Gasteiger partial charge on any atom is 0.143 e. The average Bonchev–Trinajstić information content (AvgIpc) is 3.84. The van der Waals surface area contributed by atoms with Crippen LogP contribution in [-0.4, -0.2) is 0 Å². The van der Waals surface area contributed by atoms with E-state index >= 15 is 0 Å². The van der Waals surface area contributed by atoms with Gasteiger partial charge >= 0.3 is 0 Å². The second-order valence-electron chi connectivity index (χ2n) is 17.2. The lowest BCUT2D eigenvalue weighted by atomic mass is 9.79. The summed E-state index contributed by atoms with van der Waals surface area (Å²) in [6, 6.07) is 81.6. The first-order valence-corrected chi connectivity index (χ1v) is 21.8. The molecule has 63 heavy (non-hydrogen) atoms. The van der Waals surface area contributed by atoms with Gasteiger partial charge in [-0.1, -0.05) is 196 Å². The maximum atomic E-state index is 6.48. The third-order valence-corrected chi connectivity index (χ3v) is 13.3. The molecule has 11 aromatic rings. The highest BCUT2D eigenvalue weighted by molar-refractivity contribution is 6.09. The minimum Gasteiger partial charge on any atom is -0.455 e. The predicted molar refractivity (Wildman–Crippen MR) is 265 cm³/mol. The van der Waals surface area contributed by atoms with E-state index in [2.05, 4.69) is 231 Å². The van der Waals surface area contributed by atoms with Gasteiger partial charge in [-0.25, -0.2) is 0 Å². The van der Waals surface area contributed by atoms with Crippen LogP contribution >= 0.6 is 0 Å². The van der Waals surface area contributed by atoms with Crippen LogP contribution in [0.2, 0.25) is 0 Å². The molecule has 10 aromatic carbocycles. The molecule has 2 heteroatoms. The van der Waals surface area contributed by atoms with Gasteiger partial charge < -0.3 is 9.32 Å². The molecule has 0 N–H and O–H groups in total. The van der Waals surface area contributed by atoms with E-state index in [1.54, 1.807) is 0 Å². The van der Waals surface area contributed by atoms with Crippen molar-refractivity contribution >= 4 is 49.8 Å². The van der Waals surface area contributed by atoms with E-state index < -0.39 is 0 Å². The molecule has 0 aliphatic heterocycles. The van der Waals surface area contributed by atoms with Crippen molar-refractivity contribution in [3.63, 3.8) is 0 Å². The van der Waals surface area contributed by atoms with Crippen LogP contribution in [0, 0.1) is 0 Å². The van der Waals surface area contributed by atoms with Crippen molar-refractivity contribution in [2.24, 2.45) is 0 Å². The average molecular weight is 806 g/mol. The van der Waals surface area contributed by atoms with Gasteiger partial charge in [-0.05, 0) is 109 Å². The van der Waals surface area contributed by atoms with Gasteiger partial charge in [0.15, 0.2) is 0 Å². The zero-order chi connectivity index (χ0) is 42.1. The standard InChI is InChI=1S/C61H43NO/c1-61(2)56-28-8-5-21-52(56)54-26-13-24-50(59(54)61)41-31-35-45(36-32-41)62(46-37-33-42(34-38-46)51-25-14-27-55-53-22-7-10-30-58(53)63-60(51)55)57-29-9-6-20-49(57)44-18-11-17-43(39-44)48-23-12-16-40-15-3-4-19-47(40)48/h3-39H,1-2H3. The van der Waals surface area contributed by atoms with Crippen LogP contribution in [0.1, 0.15) is 25.0 Å². The fraction of sp³-hybridized carbons (Fsp3) is 0.0492. The lowest BCUT2D eigenvalue weighted by Gasteiger charge is -2.29. The van der Waals surface area contributed by atoms with Crippen LogP contribution in [-0.2, 0) is 5.41 Å². The Bertz CT molecular complexity index is 3530. The van der Waals surface area contributed by atoms with E-state index in [4.69, 9.17) is 4.42 Å². The van der Waals surface area contributed by atoms with Gasteiger partial charge in [0.1, 0.15) is 11.2 Å². The zero-order valence-electron chi connectivity index (χ0n) is 35.2. The summed E-state index contributed by atoms with van der Waals surface area (Å²) in [6.45, 7) is 4.73. The molecule has 0 fully saturated rings. The smallest absolute Gasteiger partial charge is 0.143 e. The van der Waals surface area contributed by atoms with Gasteiger partial charge in [-0.2, -0.15) is 0 Å². The number of anilines is 3. The molecule has 298 valence electrons. The molecular formula is C61H43NO. The minimum absolute atomic E-state index is 0.110. The zero-order valence-corrected chi connectivity index (χ0v) is 35.2. The third-order valence-electron chi connectivity index (χ3n) is 13.3. The SMILES string of the molecule is CC1(C)c2ccccc2-c2cccc(-c3ccc(N(c4ccc(-c5cccc6c5oc5ccccc56)cc4)c4ccccc4-c4cccc(-c5cccc6ccccc56)c4)cc3)c21. The molecule has 1 aliphatic carbocycles. The van der Waals surface area contributed by atoms with E-state index in [1.165, 1.54) is 55.3 Å². The maximum absolute atomic E-state index is 6.48. The van der Waals surface area contributed by atoms with Crippen molar-refractivity contribution in [1.29, 1.82) is 0 Å². The largest absolute Gasteiger partial charge is 0.455 e. The molecule has 1 heterocycles. The second-order valence-corrected chi connectivity index (χ2v) is 17.2. The van der Waals surface area contributed by atoms with Gasteiger partial charge in [0.2, 0.25) is 0 Å². The Kier molecular flexibility index (Phi) is 8.55. The van der Waals surface area contributed by atoms with Crippen molar-refractivity contribution in [3.05, 3.63) is 236 Å². The number of fused-ring (bicyclic) bond motifs is 7. The van der Waals surface area contributed by atoms with Crippen molar-refractivity contribution in [2.45, 2.75) is 19.3 Å². The second kappa shape index (κ2) is 14.6. The molecule has 0 unspecified atom stereocenters. The monoisotopic (exact) mass is 805 g/mol. The van der Waals surface area contributed by atoms with E-state index in [0.29, 0.717) is 0 Å². The van der Waals surface area contributed by atoms with E-state index in [0.717, 1.165) is 61.3 Å². The quantitative estimate of drug-likeness (QED) is 0.160. The minimum atomic E-state index is -0.110. The number of para-hydroxylation sites is 3. The normalized spacial score (nSPS) is 12.7. The highest BCUT2D eigenvalue weighted by Gasteiger charge is 2.37. The number of hydrogen-bond acceptors (Lipinski definition) is 2. The molecule has 0 bridgehead atoms. The number of benzene rings is 10. The lowest BCUT2D eigenvalue weighted by molar-refractivity contribution is 0.662. The molecule has 0 amide bonds. The molecular weight excluding hydrogens is 763 g/mol. The van der Waals surface area contributed by atoms with Crippen LogP contribution in [0.5, 0.6) is 0 Å². The summed E-state index contributed by atoms with van der Waals surface area (Å²) in [4.78, 5) is 2.41. The Morgan fingerprint density at radius 3 is 1.70 bits per heavy atom. The van der Waals surface area contributed by atoms with Crippen LogP contribution in [0.25, 0.3) is 88.3 Å². The third kappa shape index (κ3) is 6.02. The molecule has 1 aliphatic rings. The van der Waals surface area contributed by atoms with Gasteiger partial charge in [-0.3, -0.25) is 0 Å². The molecule has 12 rings (SSSR count). The molecule has 0 radical (unpaired) electrons. The predicted octanol–water partition coefficient (Wildman–Crippen LogP) is 17.2. The number of nitrogens with zero attached hydrogens (tertiary/aromatic N) is 1. The van der Waals surface area contributed by atoms with Crippen LogP contribution < -0.4 is 4.90 Å². The summed E-state index contributed by atoms with van der Waals surface area (Å²) in [7, 11) is 0. The first-order valence-electron chi connectivity index (χ1n) is 21.8. The fourth-order valence-electron chi connectivity index (χ4n) is 10.3. The first-order chi connectivity index (χ1) is 31.0. The summed E-state index contributed by atoms with van der Waals surface area (Å²) >= 11 is 0. The Labute approximate surface area is 368 Å². The number of rotatable bonds is 7. The molecule has 0 atom stereocenters. The number of hydrogen-bond donors (Lipinski definition) is 0. The van der Waals surface area contributed by atoms with Crippen LogP contribution in [0.4, 0.5) is 17.1 Å². The van der Waals surface area contributed by atoms with Crippen molar-refractivity contribution < 1.29 is 4.42 Å². The van der Waals surface area contributed by atoms with Crippen molar-refractivity contribution in [3.8, 4) is 55.6 Å². The topological polar surface area (TPSA) is 16.4 Å². The van der Waals surface area contributed by atoms with E-state index in [-0.39, 0.29) is 5.41 Å². The molecule has 0 spiro atoms. The van der Waals surface area contributed by atoms with Crippen molar-refractivity contribution in [1.82, 2.24) is 0 Å². The summed E-state index contributed by atoms with van der Waals surface area (Å²) in [6.07, 6.45) is 0. The summed E-state index contributed by atoms with van der Waals surface area (Å²) in [5.74, 6) is 0. The summed E-state index contributed by atoms with van der Waals surface area (Å²) < 4.78 is 6.48. The Balaban J connectivity index is 0.992. The molecule has 1 aromatic heterocycles. The van der Waals surface area contributed by atoms with Gasteiger partial charge in [0, 0.05) is 38.7 Å². The summed E-state index contributed by atoms with van der Waals surface area (Å²) in [5.41, 5.74) is 19.8. The Morgan fingerprint density at radius 2 is 0.889 bits per heavy atom. The van der Waals surface area contributed by atoms with Crippen molar-refractivity contribution in [2.75, 3.05) is 4.90 Å². The van der Waals surface area contributed by atoms with Crippen LogP contribution in [0.15, 0.2) is 229 Å². The molecule has 2 nitrogen and oxygen atoms in total. The first kappa shape index (κ1) is 36.9. The molecule has 0 saturated heterocycles. The van der Waals surface area contributed by atoms with Gasteiger partial charge in [0.05, 0.1) is 5.69 Å². The van der Waals surface area contributed by atoms with E-state index in [9.17, 15) is 0 Å². The fourth-order valence-corrected chi connectivity index (χ4v) is 10.3. The lowest BCUT2D eigenvalue weighted by Crippen LogP contribution is -2.16. The molecule has 0 saturated carbocycles. The highest BCUT2D eigenvalue weighted by atomic mass is 16.3. The number of furan rings is 1. The van der Waals surface area contributed by atoms with E-state index in [1.807, 2.05) is 12.1 Å². The van der Waals surface area contributed by atoms with Gasteiger partial charge in [0.25, 0.3) is 0 Å². The Morgan fingerprint density at radius 1 is 0.365 bits per heavy atom.